The Morgan fingerprint density at radius 2 is 1.89 bits per heavy atom. The summed E-state index contributed by atoms with van der Waals surface area (Å²) in [7, 11) is 1.57. The fourth-order valence-electron chi connectivity index (χ4n) is 7.13. The van der Waals surface area contributed by atoms with Crippen LogP contribution in [-0.2, 0) is 31.9 Å². The highest BCUT2D eigenvalue weighted by molar-refractivity contribution is 5.94. The number of methoxy groups -OCH3 is 1. The molecule has 6 rings (SSSR count). The van der Waals surface area contributed by atoms with Crippen molar-refractivity contribution in [3.63, 3.8) is 0 Å². The number of aliphatic carboxylic acids is 1. The molecule has 44 heavy (non-hydrogen) atoms. The predicted molar refractivity (Wildman–Crippen MR) is 166 cm³/mol. The number of para-hydroxylation sites is 1. The van der Waals surface area contributed by atoms with Gasteiger partial charge in [0.2, 0.25) is 12.7 Å². The van der Waals surface area contributed by atoms with Gasteiger partial charge in [-0.05, 0) is 78.8 Å². The number of likely N-dealkylation sites (tertiary alicyclic amines) is 1. The van der Waals surface area contributed by atoms with Gasteiger partial charge in [0.25, 0.3) is 0 Å². The predicted octanol–water partition coefficient (Wildman–Crippen LogP) is 5.61. The van der Waals surface area contributed by atoms with Crippen molar-refractivity contribution in [1.29, 1.82) is 0 Å². The number of anilines is 1. The molecule has 234 valence electrons. The number of carboxylic acids is 1. The molecule has 0 spiro atoms. The quantitative estimate of drug-likeness (QED) is 0.302. The number of nitrogens with one attached hydrogen (secondary N) is 1. The van der Waals surface area contributed by atoms with Crippen molar-refractivity contribution in [2.45, 2.75) is 63.8 Å². The van der Waals surface area contributed by atoms with Crippen molar-refractivity contribution >= 4 is 17.6 Å². The Balaban J connectivity index is 1.32. The fourth-order valence-corrected chi connectivity index (χ4v) is 7.13. The van der Waals surface area contributed by atoms with Crippen LogP contribution < -0.4 is 14.8 Å². The first-order valence-corrected chi connectivity index (χ1v) is 15.7. The number of amides is 1. The van der Waals surface area contributed by atoms with Crippen molar-refractivity contribution in [2.75, 3.05) is 39.1 Å². The molecule has 4 aliphatic rings. The van der Waals surface area contributed by atoms with E-state index >= 15 is 0 Å². The molecular weight excluding hydrogens is 560 g/mol. The first-order valence-electron chi connectivity index (χ1n) is 15.7. The number of carboxylic acid groups (broad SMARTS) is 1. The highest BCUT2D eigenvalue weighted by atomic mass is 16.7. The summed E-state index contributed by atoms with van der Waals surface area (Å²) in [5.41, 5.74) is 5.09. The average molecular weight is 603 g/mol. The normalized spacial score (nSPS) is 24.3. The third kappa shape index (κ3) is 6.08. The fraction of sp³-hybridized carbons (Fsp3) is 0.486. The Kier molecular flexibility index (Phi) is 8.96. The number of rotatable bonds is 12. The number of fused-ring (bicyclic) bond motifs is 1. The van der Waals surface area contributed by atoms with Crippen molar-refractivity contribution in [1.82, 2.24) is 4.90 Å². The van der Waals surface area contributed by atoms with Gasteiger partial charge < -0.3 is 29.4 Å². The van der Waals surface area contributed by atoms with Gasteiger partial charge >= 0.3 is 5.97 Å². The highest BCUT2D eigenvalue weighted by Crippen LogP contribution is 2.52. The third-order valence-electron chi connectivity index (χ3n) is 9.40. The monoisotopic (exact) mass is 602 g/mol. The van der Waals surface area contributed by atoms with Gasteiger partial charge in [0, 0.05) is 36.9 Å². The summed E-state index contributed by atoms with van der Waals surface area (Å²) >= 11 is 0. The highest BCUT2D eigenvalue weighted by Gasteiger charge is 2.50. The van der Waals surface area contributed by atoms with Crippen LogP contribution in [0.2, 0.25) is 0 Å². The molecule has 0 aromatic heterocycles. The number of carbonyl (C=O) groups excluding carboxylic acids is 1. The zero-order valence-corrected chi connectivity index (χ0v) is 25.7. The van der Waals surface area contributed by atoms with Crippen molar-refractivity contribution in [2.24, 2.45) is 11.8 Å². The Morgan fingerprint density at radius 1 is 1.11 bits per heavy atom. The van der Waals surface area contributed by atoms with Crippen LogP contribution in [0.3, 0.4) is 0 Å². The summed E-state index contributed by atoms with van der Waals surface area (Å²) in [6.45, 7) is 5.01. The van der Waals surface area contributed by atoms with Crippen molar-refractivity contribution in [3.8, 4) is 11.5 Å². The summed E-state index contributed by atoms with van der Waals surface area (Å²) in [4.78, 5) is 28.9. The van der Waals surface area contributed by atoms with Crippen LogP contribution in [0, 0.1) is 11.8 Å². The van der Waals surface area contributed by atoms with Crippen LogP contribution in [-0.4, -0.2) is 61.7 Å². The van der Waals surface area contributed by atoms with Gasteiger partial charge in [0.05, 0.1) is 12.5 Å². The van der Waals surface area contributed by atoms with E-state index < -0.39 is 17.9 Å². The Morgan fingerprint density at radius 3 is 2.52 bits per heavy atom. The third-order valence-corrected chi connectivity index (χ3v) is 9.40. The molecule has 2 heterocycles. The molecule has 2 fully saturated rings. The number of aryl methyl sites for hydroxylation is 2. The zero-order valence-electron chi connectivity index (χ0n) is 25.7. The standard InChI is InChI=1S/C35H42N2O7/c1-4-21-7-6-8-22(5-2)32(21)36-30(38)18-37-17-28(25-15-27(23-9-10-23)34-29(16-25)43-20-44-34)31(35(39)40)33(37)24-11-13-26(14-12-24)42-19-41-3/h6-8,11,13-16,23-24,28,31,33H,4-5,9-10,12,17-20H2,1-3H3,(H,36,38)(H,39,40)/t24?,28-,31-,33+/m1/s1. The molecule has 1 saturated carbocycles. The van der Waals surface area contributed by atoms with Crippen molar-refractivity contribution in [3.05, 3.63) is 76.6 Å². The molecule has 2 aliphatic heterocycles. The summed E-state index contributed by atoms with van der Waals surface area (Å²) < 4.78 is 22.3. The van der Waals surface area contributed by atoms with E-state index in [1.54, 1.807) is 7.11 Å². The molecule has 1 amide bonds. The van der Waals surface area contributed by atoms with Gasteiger partial charge in [-0.3, -0.25) is 14.5 Å². The number of nitrogens with zero attached hydrogens (tertiary/aromatic N) is 1. The minimum atomic E-state index is -0.864. The lowest BCUT2D eigenvalue weighted by Crippen LogP contribution is -2.44. The maximum absolute atomic E-state index is 13.7. The summed E-state index contributed by atoms with van der Waals surface area (Å²) in [6, 6.07) is 9.80. The van der Waals surface area contributed by atoms with E-state index in [2.05, 4.69) is 30.1 Å². The minimum Gasteiger partial charge on any atom is -0.481 e. The van der Waals surface area contributed by atoms with E-state index in [4.69, 9.17) is 18.9 Å². The van der Waals surface area contributed by atoms with E-state index in [1.165, 1.54) is 0 Å². The van der Waals surface area contributed by atoms with E-state index in [-0.39, 0.29) is 37.9 Å². The summed E-state index contributed by atoms with van der Waals surface area (Å²) in [5, 5.41) is 14.0. The number of hydrogen-bond acceptors (Lipinski definition) is 7. The maximum Gasteiger partial charge on any atom is 0.308 e. The molecule has 2 aromatic carbocycles. The SMILES string of the molecule is CCc1cccc(CC)c1NC(=O)CN1C[C@H](c2cc3c(c(C4CC4)c2)OCO3)[C@@H](C(=O)O)[C@@H]1C1C=CC(OCOC)=CC1. The zero-order chi connectivity index (χ0) is 30.8. The molecule has 9 nitrogen and oxygen atoms in total. The van der Waals surface area contributed by atoms with E-state index in [0.717, 1.165) is 59.4 Å². The van der Waals surface area contributed by atoms with Crippen LogP contribution in [0.25, 0.3) is 0 Å². The molecule has 1 saturated heterocycles. The van der Waals surface area contributed by atoms with Gasteiger partial charge in [0.15, 0.2) is 18.3 Å². The largest absolute Gasteiger partial charge is 0.481 e. The second-order valence-electron chi connectivity index (χ2n) is 12.1. The first-order chi connectivity index (χ1) is 21.4. The van der Waals surface area contributed by atoms with Gasteiger partial charge in [0.1, 0.15) is 5.76 Å². The van der Waals surface area contributed by atoms with Crippen LogP contribution >= 0.6 is 0 Å². The van der Waals surface area contributed by atoms with Crippen LogP contribution in [0.4, 0.5) is 5.69 Å². The van der Waals surface area contributed by atoms with Crippen LogP contribution in [0.1, 0.15) is 67.2 Å². The van der Waals surface area contributed by atoms with Gasteiger partial charge in [-0.2, -0.15) is 0 Å². The molecule has 4 atom stereocenters. The lowest BCUT2D eigenvalue weighted by Gasteiger charge is -2.33. The van der Waals surface area contributed by atoms with E-state index in [1.807, 2.05) is 42.5 Å². The first kappa shape index (κ1) is 30.2. The number of allylic oxidation sites excluding steroid dienone is 2. The second-order valence-corrected chi connectivity index (χ2v) is 12.1. The molecule has 2 aromatic rings. The van der Waals surface area contributed by atoms with Crippen LogP contribution in [0.15, 0.2) is 54.3 Å². The topological polar surface area (TPSA) is 107 Å². The van der Waals surface area contributed by atoms with E-state index in [9.17, 15) is 14.7 Å². The molecule has 1 unspecified atom stereocenters. The molecule has 9 heteroatoms. The van der Waals surface area contributed by atoms with E-state index in [0.29, 0.717) is 30.4 Å². The average Bonchev–Trinajstić information content (AvgIpc) is 3.64. The lowest BCUT2D eigenvalue weighted by atomic mass is 9.78. The van der Waals surface area contributed by atoms with Gasteiger partial charge in [-0.1, -0.05) is 44.2 Å². The number of benzene rings is 2. The number of ether oxygens (including phenoxy) is 4. The smallest absolute Gasteiger partial charge is 0.308 e. The number of carbonyl (C=O) groups is 2. The van der Waals surface area contributed by atoms with Gasteiger partial charge in [-0.15, -0.1) is 0 Å². The summed E-state index contributed by atoms with van der Waals surface area (Å²) in [6.07, 6.45) is 10.3. The Bertz CT molecular complexity index is 1440. The molecule has 0 radical (unpaired) electrons. The maximum atomic E-state index is 13.7. The molecular formula is C35H42N2O7. The molecule has 0 bridgehead atoms. The number of hydrogen-bond donors (Lipinski definition) is 2. The Labute approximate surface area is 258 Å². The molecule has 2 N–H and O–H groups in total. The van der Waals surface area contributed by atoms with Crippen molar-refractivity contribution < 1.29 is 33.6 Å². The Hall–Kier alpha value is -3.82. The molecule has 2 aliphatic carbocycles. The van der Waals surface area contributed by atoms with Gasteiger partial charge in [-0.25, -0.2) is 0 Å². The summed E-state index contributed by atoms with van der Waals surface area (Å²) in [5.74, 6) is 0.414. The minimum absolute atomic E-state index is 0.0905. The lowest BCUT2D eigenvalue weighted by molar-refractivity contribution is -0.143. The second kappa shape index (κ2) is 13.0. The van der Waals surface area contributed by atoms with Crippen LogP contribution in [0.5, 0.6) is 11.5 Å².